The predicted molar refractivity (Wildman–Crippen MR) is 96.3 cm³/mol. The topological polar surface area (TPSA) is 72.5 Å². The van der Waals surface area contributed by atoms with E-state index in [-0.39, 0.29) is 6.54 Å². The van der Waals surface area contributed by atoms with Gasteiger partial charge in [-0.05, 0) is 47.7 Å². The first-order valence-corrected chi connectivity index (χ1v) is 9.43. The van der Waals surface area contributed by atoms with Crippen molar-refractivity contribution in [3.63, 3.8) is 0 Å². The van der Waals surface area contributed by atoms with Crippen LogP contribution in [0.25, 0.3) is 6.08 Å². The van der Waals surface area contributed by atoms with Crippen molar-refractivity contribution in [3.8, 4) is 0 Å². The molecular weight excluding hydrogens is 338 g/mol. The molecule has 0 aliphatic heterocycles. The first kappa shape index (κ1) is 17.4. The van der Waals surface area contributed by atoms with E-state index in [4.69, 9.17) is 0 Å². The van der Waals surface area contributed by atoms with E-state index >= 15 is 0 Å². The molecule has 0 bridgehead atoms. The number of carbonyl (C=O) groups excluding carboxylic acids is 1. The highest BCUT2D eigenvalue weighted by atomic mass is 32.2. The fourth-order valence-electron chi connectivity index (χ4n) is 2.77. The van der Waals surface area contributed by atoms with E-state index < -0.39 is 16.0 Å². The van der Waals surface area contributed by atoms with Gasteiger partial charge in [-0.15, -0.1) is 0 Å². The lowest BCUT2D eigenvalue weighted by atomic mass is 9.98. The number of fused-ring (bicyclic) bond motifs is 1. The molecule has 3 rings (SSSR count). The summed E-state index contributed by atoms with van der Waals surface area (Å²) in [6.07, 6.45) is 2.95. The van der Waals surface area contributed by atoms with Gasteiger partial charge in [-0.3, -0.25) is 0 Å². The molecule has 0 aromatic heterocycles. The van der Waals surface area contributed by atoms with Crippen molar-refractivity contribution in [2.24, 2.45) is 0 Å². The number of allylic oxidation sites excluding steroid dienone is 1. The SMILES string of the molecule is COC(=O)c1ccc(CNS(=O)(=O)C2=Cc3ccccc3CC2)cc1. The second-order valence-corrected chi connectivity index (χ2v) is 7.64. The Kier molecular flexibility index (Phi) is 5.01. The number of hydrogen-bond acceptors (Lipinski definition) is 4. The maximum Gasteiger partial charge on any atom is 0.337 e. The molecule has 0 spiro atoms. The third kappa shape index (κ3) is 3.97. The lowest BCUT2D eigenvalue weighted by Crippen LogP contribution is -2.25. The molecular formula is C19H19NO4S. The van der Waals surface area contributed by atoms with Crippen LogP contribution in [-0.2, 0) is 27.7 Å². The molecule has 25 heavy (non-hydrogen) atoms. The number of benzene rings is 2. The second-order valence-electron chi connectivity index (χ2n) is 5.82. The van der Waals surface area contributed by atoms with Crippen molar-refractivity contribution < 1.29 is 17.9 Å². The van der Waals surface area contributed by atoms with E-state index in [1.807, 2.05) is 24.3 Å². The Morgan fingerprint density at radius 2 is 1.80 bits per heavy atom. The zero-order valence-corrected chi connectivity index (χ0v) is 14.7. The Bertz CT molecular complexity index is 915. The Balaban J connectivity index is 1.70. The molecule has 130 valence electrons. The van der Waals surface area contributed by atoms with E-state index in [2.05, 4.69) is 9.46 Å². The number of aryl methyl sites for hydroxylation is 1. The second kappa shape index (κ2) is 7.21. The van der Waals surface area contributed by atoms with Crippen LogP contribution in [0.2, 0.25) is 0 Å². The Labute approximate surface area is 147 Å². The maximum absolute atomic E-state index is 12.5. The van der Waals surface area contributed by atoms with Crippen LogP contribution < -0.4 is 4.72 Å². The summed E-state index contributed by atoms with van der Waals surface area (Å²) in [5.74, 6) is -0.418. The molecule has 0 heterocycles. The molecule has 0 saturated heterocycles. The summed E-state index contributed by atoms with van der Waals surface area (Å²) in [6.45, 7) is 0.169. The highest BCUT2D eigenvalue weighted by Crippen LogP contribution is 2.26. The van der Waals surface area contributed by atoms with E-state index in [1.54, 1.807) is 30.3 Å². The molecule has 5 nitrogen and oxygen atoms in total. The summed E-state index contributed by atoms with van der Waals surface area (Å²) in [4.78, 5) is 11.8. The zero-order valence-electron chi connectivity index (χ0n) is 13.9. The third-order valence-corrected chi connectivity index (χ3v) is 5.74. The summed E-state index contributed by atoms with van der Waals surface area (Å²) in [5.41, 5.74) is 3.32. The molecule has 0 amide bonds. The highest BCUT2D eigenvalue weighted by molar-refractivity contribution is 7.93. The number of hydrogen-bond donors (Lipinski definition) is 1. The van der Waals surface area contributed by atoms with Gasteiger partial charge in [-0.1, -0.05) is 36.4 Å². The van der Waals surface area contributed by atoms with Gasteiger partial charge in [0.1, 0.15) is 0 Å². The van der Waals surface area contributed by atoms with E-state index in [0.29, 0.717) is 16.9 Å². The third-order valence-electron chi connectivity index (χ3n) is 4.20. The van der Waals surface area contributed by atoms with Crippen molar-refractivity contribution in [2.45, 2.75) is 19.4 Å². The minimum atomic E-state index is -3.54. The van der Waals surface area contributed by atoms with Crippen LogP contribution in [-0.4, -0.2) is 21.5 Å². The number of nitrogens with one attached hydrogen (secondary N) is 1. The Hall–Kier alpha value is -2.44. The van der Waals surface area contributed by atoms with E-state index in [9.17, 15) is 13.2 Å². The smallest absolute Gasteiger partial charge is 0.337 e. The van der Waals surface area contributed by atoms with Crippen LogP contribution in [0.15, 0.2) is 53.4 Å². The fraction of sp³-hybridized carbons (Fsp3) is 0.211. The van der Waals surface area contributed by atoms with Crippen molar-refractivity contribution in [1.29, 1.82) is 0 Å². The monoisotopic (exact) mass is 357 g/mol. The standard InChI is InChI=1S/C19H19NO4S/c1-24-19(21)16-8-6-14(7-9-16)13-20-25(22,23)18-11-10-15-4-2-3-5-17(15)12-18/h2-9,12,20H,10-11,13H2,1H3. The number of methoxy groups -OCH3 is 1. The van der Waals surface area contributed by atoms with Crippen LogP contribution in [0, 0.1) is 0 Å². The van der Waals surface area contributed by atoms with Gasteiger partial charge in [0, 0.05) is 6.54 Å². The summed E-state index contributed by atoms with van der Waals surface area (Å²) < 4.78 is 32.3. The molecule has 1 aliphatic carbocycles. The van der Waals surface area contributed by atoms with E-state index in [0.717, 1.165) is 17.5 Å². The Morgan fingerprint density at radius 1 is 1.08 bits per heavy atom. The number of sulfonamides is 1. The van der Waals surface area contributed by atoms with Gasteiger partial charge >= 0.3 is 5.97 Å². The molecule has 0 radical (unpaired) electrons. The first-order chi connectivity index (χ1) is 12.0. The van der Waals surface area contributed by atoms with Gasteiger partial charge in [0.25, 0.3) is 0 Å². The fourth-order valence-corrected chi connectivity index (χ4v) is 3.96. The quantitative estimate of drug-likeness (QED) is 0.835. The van der Waals surface area contributed by atoms with Crippen LogP contribution in [0.5, 0.6) is 0 Å². The highest BCUT2D eigenvalue weighted by Gasteiger charge is 2.21. The van der Waals surface area contributed by atoms with Crippen LogP contribution >= 0.6 is 0 Å². The number of esters is 1. The number of rotatable bonds is 5. The molecule has 0 atom stereocenters. The molecule has 0 saturated carbocycles. The summed E-state index contributed by atoms with van der Waals surface area (Å²) in [6, 6.07) is 14.5. The molecule has 1 aliphatic rings. The summed E-state index contributed by atoms with van der Waals surface area (Å²) >= 11 is 0. The summed E-state index contributed by atoms with van der Waals surface area (Å²) in [5, 5.41) is 0. The largest absolute Gasteiger partial charge is 0.465 e. The minimum absolute atomic E-state index is 0.169. The lowest BCUT2D eigenvalue weighted by molar-refractivity contribution is 0.0600. The van der Waals surface area contributed by atoms with Gasteiger partial charge < -0.3 is 4.74 Å². The molecule has 0 fully saturated rings. The van der Waals surface area contributed by atoms with Crippen molar-refractivity contribution in [1.82, 2.24) is 4.72 Å². The van der Waals surface area contributed by atoms with Gasteiger partial charge in [0.15, 0.2) is 0 Å². The average Bonchev–Trinajstić information content (AvgIpc) is 2.66. The van der Waals surface area contributed by atoms with Crippen molar-refractivity contribution in [2.75, 3.05) is 7.11 Å². The van der Waals surface area contributed by atoms with E-state index in [1.165, 1.54) is 12.7 Å². The number of carbonyl (C=O) groups is 1. The summed E-state index contributed by atoms with van der Waals surface area (Å²) in [7, 11) is -2.22. The van der Waals surface area contributed by atoms with Gasteiger partial charge in [0.05, 0.1) is 17.6 Å². The molecule has 2 aromatic rings. The minimum Gasteiger partial charge on any atom is -0.465 e. The normalized spacial score (nSPS) is 13.7. The van der Waals surface area contributed by atoms with Gasteiger partial charge in [-0.2, -0.15) is 0 Å². The van der Waals surface area contributed by atoms with Gasteiger partial charge in [0.2, 0.25) is 10.0 Å². The molecule has 1 N–H and O–H groups in total. The molecule has 0 unspecified atom stereocenters. The number of ether oxygens (including phenoxy) is 1. The average molecular weight is 357 g/mol. The molecule has 2 aromatic carbocycles. The first-order valence-electron chi connectivity index (χ1n) is 7.95. The maximum atomic E-state index is 12.5. The zero-order chi connectivity index (χ0) is 17.9. The van der Waals surface area contributed by atoms with Crippen molar-refractivity contribution in [3.05, 3.63) is 75.7 Å². The van der Waals surface area contributed by atoms with Crippen LogP contribution in [0.3, 0.4) is 0 Å². The lowest BCUT2D eigenvalue weighted by Gasteiger charge is -2.17. The van der Waals surface area contributed by atoms with Crippen LogP contribution in [0.4, 0.5) is 0 Å². The predicted octanol–water partition coefficient (Wildman–Crippen LogP) is 2.88. The Morgan fingerprint density at radius 3 is 2.52 bits per heavy atom. The molecule has 6 heteroatoms. The van der Waals surface area contributed by atoms with Gasteiger partial charge in [-0.25, -0.2) is 17.9 Å². The van der Waals surface area contributed by atoms with Crippen LogP contribution in [0.1, 0.15) is 33.5 Å². The van der Waals surface area contributed by atoms with Crippen molar-refractivity contribution >= 4 is 22.1 Å².